The third-order valence-electron chi connectivity index (χ3n) is 4.01. The van der Waals surface area contributed by atoms with Crippen molar-refractivity contribution in [1.29, 1.82) is 0 Å². The summed E-state index contributed by atoms with van der Waals surface area (Å²) in [5, 5.41) is 7.18. The Kier molecular flexibility index (Phi) is 6.56. The second-order valence-corrected chi connectivity index (χ2v) is 6.45. The Bertz CT molecular complexity index is 992. The van der Waals surface area contributed by atoms with Crippen LogP contribution in [0.4, 0.5) is 0 Å². The highest BCUT2D eigenvalue weighted by Crippen LogP contribution is 2.31. The number of aromatic nitrogens is 2. The molecule has 3 rings (SSSR count). The molecule has 1 N–H and O–H groups in total. The smallest absolute Gasteiger partial charge is 0.261 e. The molecule has 9 heteroatoms. The molecule has 3 aromatic rings. The first-order valence-electron chi connectivity index (χ1n) is 8.75. The number of hydrogen-bond donors (Lipinski definition) is 1. The van der Waals surface area contributed by atoms with E-state index in [2.05, 4.69) is 15.5 Å². The molecule has 0 aliphatic rings. The average Bonchev–Trinajstić information content (AvgIpc) is 3.20. The number of rotatable bonds is 8. The van der Waals surface area contributed by atoms with Crippen LogP contribution in [0.15, 0.2) is 47.0 Å². The third kappa shape index (κ3) is 5.17. The molecule has 1 heterocycles. The average molecular weight is 418 g/mol. The predicted molar refractivity (Wildman–Crippen MR) is 106 cm³/mol. The maximum Gasteiger partial charge on any atom is 0.261 e. The van der Waals surface area contributed by atoms with E-state index >= 15 is 0 Å². The predicted octanol–water partition coefficient (Wildman–Crippen LogP) is 3.49. The second-order valence-electron chi connectivity index (χ2n) is 6.01. The normalized spacial score (nSPS) is 11.6. The molecule has 1 atom stereocenters. The lowest BCUT2D eigenvalue weighted by Gasteiger charge is -2.14. The van der Waals surface area contributed by atoms with Gasteiger partial charge in [-0.2, -0.15) is 4.98 Å². The van der Waals surface area contributed by atoms with E-state index in [1.54, 1.807) is 63.6 Å². The van der Waals surface area contributed by atoms with Gasteiger partial charge in [0.2, 0.25) is 11.7 Å². The first kappa shape index (κ1) is 20.5. The molecule has 0 fully saturated rings. The maximum atomic E-state index is 12.3. The number of nitrogens with zero attached hydrogens (tertiary/aromatic N) is 2. The lowest BCUT2D eigenvalue weighted by atomic mass is 10.2. The van der Waals surface area contributed by atoms with E-state index in [1.165, 1.54) is 0 Å². The van der Waals surface area contributed by atoms with Crippen LogP contribution in [0.1, 0.15) is 12.8 Å². The zero-order chi connectivity index (χ0) is 20.8. The summed E-state index contributed by atoms with van der Waals surface area (Å²) in [6, 6.07) is 12.1. The maximum absolute atomic E-state index is 12.3. The van der Waals surface area contributed by atoms with Gasteiger partial charge in [-0.15, -0.1) is 0 Å². The number of ether oxygens (including phenoxy) is 3. The molecule has 0 aliphatic carbocycles. The third-order valence-corrected chi connectivity index (χ3v) is 4.24. The Morgan fingerprint density at radius 3 is 2.72 bits per heavy atom. The summed E-state index contributed by atoms with van der Waals surface area (Å²) in [5.74, 6) is 1.97. The fourth-order valence-electron chi connectivity index (χ4n) is 2.52. The van der Waals surface area contributed by atoms with Gasteiger partial charge in [0.15, 0.2) is 6.10 Å². The standard InChI is InChI=1S/C20H20ClN3O5/c1-12(28-15-6-4-5-13(21)9-15)20(25)22-11-18-23-19(24-29-18)16-8-7-14(26-2)10-17(16)27-3/h4-10,12H,11H2,1-3H3,(H,22,25)/t12-/m0/s1. The number of halogens is 1. The molecule has 0 saturated heterocycles. The van der Waals surface area contributed by atoms with Crippen LogP contribution in [-0.4, -0.2) is 36.4 Å². The lowest BCUT2D eigenvalue weighted by molar-refractivity contribution is -0.127. The number of hydrogen-bond acceptors (Lipinski definition) is 7. The molecule has 0 unspecified atom stereocenters. The van der Waals surface area contributed by atoms with Gasteiger partial charge in [-0.05, 0) is 37.3 Å². The Morgan fingerprint density at radius 1 is 1.17 bits per heavy atom. The molecular formula is C20H20ClN3O5. The van der Waals surface area contributed by atoms with Gasteiger partial charge in [0.25, 0.3) is 5.91 Å². The summed E-state index contributed by atoms with van der Waals surface area (Å²) in [4.78, 5) is 16.6. The Hall–Kier alpha value is -3.26. The monoisotopic (exact) mass is 417 g/mol. The van der Waals surface area contributed by atoms with E-state index in [9.17, 15) is 4.79 Å². The number of benzene rings is 2. The molecule has 29 heavy (non-hydrogen) atoms. The van der Waals surface area contributed by atoms with E-state index in [1.807, 2.05) is 0 Å². The molecule has 152 valence electrons. The van der Waals surface area contributed by atoms with Crippen molar-refractivity contribution in [3.8, 4) is 28.6 Å². The van der Waals surface area contributed by atoms with Gasteiger partial charge in [0.05, 0.1) is 26.3 Å². The van der Waals surface area contributed by atoms with Crippen LogP contribution in [0.3, 0.4) is 0 Å². The molecule has 8 nitrogen and oxygen atoms in total. The topological polar surface area (TPSA) is 95.7 Å². The molecule has 0 spiro atoms. The lowest BCUT2D eigenvalue weighted by Crippen LogP contribution is -2.35. The molecule has 0 radical (unpaired) electrons. The van der Waals surface area contributed by atoms with Crippen LogP contribution < -0.4 is 19.5 Å². The minimum Gasteiger partial charge on any atom is -0.497 e. The van der Waals surface area contributed by atoms with Crippen LogP contribution in [0.2, 0.25) is 5.02 Å². The van der Waals surface area contributed by atoms with E-state index in [0.29, 0.717) is 33.7 Å². The number of nitrogens with one attached hydrogen (secondary N) is 1. The summed E-state index contributed by atoms with van der Waals surface area (Å²) in [6.45, 7) is 1.70. The number of carbonyl (C=O) groups is 1. The summed E-state index contributed by atoms with van der Waals surface area (Å²) >= 11 is 5.92. The molecule has 0 aliphatic heterocycles. The van der Waals surface area contributed by atoms with Crippen LogP contribution >= 0.6 is 11.6 Å². The van der Waals surface area contributed by atoms with Gasteiger partial charge in [0.1, 0.15) is 17.2 Å². The molecular weight excluding hydrogens is 398 g/mol. The first-order chi connectivity index (χ1) is 14.0. The van der Waals surface area contributed by atoms with Crippen molar-refractivity contribution >= 4 is 17.5 Å². The first-order valence-corrected chi connectivity index (χ1v) is 9.13. The van der Waals surface area contributed by atoms with Crippen molar-refractivity contribution < 1.29 is 23.5 Å². The minimum atomic E-state index is -0.724. The molecule has 0 saturated carbocycles. The van der Waals surface area contributed by atoms with Crippen molar-refractivity contribution in [2.45, 2.75) is 19.6 Å². The second kappa shape index (κ2) is 9.29. The largest absolute Gasteiger partial charge is 0.497 e. The highest BCUT2D eigenvalue weighted by atomic mass is 35.5. The summed E-state index contributed by atoms with van der Waals surface area (Å²) < 4.78 is 21.3. The highest BCUT2D eigenvalue weighted by Gasteiger charge is 2.18. The van der Waals surface area contributed by atoms with E-state index < -0.39 is 6.10 Å². The molecule has 1 amide bonds. The molecule has 0 bridgehead atoms. The van der Waals surface area contributed by atoms with Crippen LogP contribution in [0.5, 0.6) is 17.2 Å². The van der Waals surface area contributed by atoms with Gasteiger partial charge in [-0.25, -0.2) is 0 Å². The number of methoxy groups -OCH3 is 2. The Morgan fingerprint density at radius 2 is 2.00 bits per heavy atom. The minimum absolute atomic E-state index is 0.0630. The van der Waals surface area contributed by atoms with Crippen molar-refractivity contribution in [1.82, 2.24) is 15.5 Å². The zero-order valence-electron chi connectivity index (χ0n) is 16.1. The fraction of sp³-hybridized carbons (Fsp3) is 0.250. The van der Waals surface area contributed by atoms with Crippen molar-refractivity contribution in [3.63, 3.8) is 0 Å². The Labute approximate surface area is 172 Å². The van der Waals surface area contributed by atoms with E-state index in [0.717, 1.165) is 0 Å². The molecule has 2 aromatic carbocycles. The SMILES string of the molecule is COc1ccc(-c2noc(CNC(=O)[C@H](C)Oc3cccc(Cl)c3)n2)c(OC)c1. The van der Waals surface area contributed by atoms with Gasteiger partial charge in [0, 0.05) is 11.1 Å². The zero-order valence-corrected chi connectivity index (χ0v) is 16.9. The van der Waals surface area contributed by atoms with Crippen molar-refractivity contribution in [3.05, 3.63) is 53.4 Å². The quantitative estimate of drug-likeness (QED) is 0.599. The van der Waals surface area contributed by atoms with Gasteiger partial charge < -0.3 is 24.1 Å². The molecule has 1 aromatic heterocycles. The van der Waals surface area contributed by atoms with Gasteiger partial charge in [-0.3, -0.25) is 4.79 Å². The van der Waals surface area contributed by atoms with Crippen molar-refractivity contribution in [2.75, 3.05) is 14.2 Å². The number of carbonyl (C=O) groups excluding carboxylic acids is 1. The van der Waals surface area contributed by atoms with E-state index in [4.69, 9.17) is 30.3 Å². The summed E-state index contributed by atoms with van der Waals surface area (Å²) in [6.07, 6.45) is -0.724. The van der Waals surface area contributed by atoms with E-state index in [-0.39, 0.29) is 18.3 Å². The Balaban J connectivity index is 1.61. The summed E-state index contributed by atoms with van der Waals surface area (Å²) in [7, 11) is 3.11. The number of amides is 1. The van der Waals surface area contributed by atoms with Gasteiger partial charge >= 0.3 is 0 Å². The van der Waals surface area contributed by atoms with Gasteiger partial charge in [-0.1, -0.05) is 22.8 Å². The van der Waals surface area contributed by atoms with Crippen molar-refractivity contribution in [2.24, 2.45) is 0 Å². The summed E-state index contributed by atoms with van der Waals surface area (Å²) in [5.41, 5.74) is 0.646. The van der Waals surface area contributed by atoms with Crippen LogP contribution in [0, 0.1) is 0 Å². The van der Waals surface area contributed by atoms with Crippen LogP contribution in [-0.2, 0) is 11.3 Å². The highest BCUT2D eigenvalue weighted by molar-refractivity contribution is 6.30. The fourth-order valence-corrected chi connectivity index (χ4v) is 2.70. The van der Waals surface area contributed by atoms with Crippen LogP contribution in [0.25, 0.3) is 11.4 Å².